The molecule has 1 N–H and O–H groups in total. The number of anilines is 1. The number of hydrogen-bond donors (Lipinski definition) is 1. The zero-order valence-electron chi connectivity index (χ0n) is 16.6. The average molecular weight is 421 g/mol. The number of allylic oxidation sites excluding steroid dienone is 1. The number of rotatable bonds is 7. The lowest BCUT2D eigenvalue weighted by atomic mass is 10.1. The smallest absolute Gasteiger partial charge is 0.301 e. The Morgan fingerprint density at radius 3 is 2.30 bits per heavy atom. The predicted octanol–water partition coefficient (Wildman–Crippen LogP) is 4.18. The van der Waals surface area contributed by atoms with Crippen molar-refractivity contribution in [3.8, 4) is 5.75 Å². The van der Waals surface area contributed by atoms with Gasteiger partial charge in [0.25, 0.3) is 0 Å². The summed E-state index contributed by atoms with van der Waals surface area (Å²) >= 11 is 0. The van der Waals surface area contributed by atoms with Gasteiger partial charge in [-0.3, -0.25) is 4.31 Å². The van der Waals surface area contributed by atoms with Crippen LogP contribution < -0.4 is 13.8 Å². The Kier molecular flexibility index (Phi) is 6.16. The average Bonchev–Trinajstić information content (AvgIpc) is 3.12. The molecule has 0 aromatic heterocycles. The molecule has 154 valence electrons. The molecule has 0 bridgehead atoms. The van der Waals surface area contributed by atoms with Crippen LogP contribution in [0.4, 0.5) is 5.69 Å². The lowest BCUT2D eigenvalue weighted by Gasteiger charge is -2.20. The van der Waals surface area contributed by atoms with Crippen molar-refractivity contribution < 1.29 is 13.2 Å². The highest BCUT2D eigenvalue weighted by molar-refractivity contribution is 7.91. The minimum atomic E-state index is -3.53. The summed E-state index contributed by atoms with van der Waals surface area (Å²) in [4.78, 5) is 0. The van der Waals surface area contributed by atoms with Gasteiger partial charge in [0.1, 0.15) is 12.4 Å². The van der Waals surface area contributed by atoms with Crippen LogP contribution in [0.25, 0.3) is 6.08 Å². The molecule has 1 aliphatic heterocycles. The van der Waals surface area contributed by atoms with Crippen molar-refractivity contribution in [3.05, 3.63) is 102 Å². The molecule has 0 spiro atoms. The van der Waals surface area contributed by atoms with Gasteiger partial charge in [0.2, 0.25) is 0 Å². The molecule has 4 rings (SSSR count). The Labute approximate surface area is 177 Å². The van der Waals surface area contributed by atoms with Gasteiger partial charge in [0, 0.05) is 13.1 Å². The Morgan fingerprint density at radius 1 is 0.933 bits per heavy atom. The molecular formula is C24H24N2O3S. The fourth-order valence-corrected chi connectivity index (χ4v) is 4.61. The lowest BCUT2D eigenvalue weighted by Crippen LogP contribution is -2.29. The number of benzene rings is 3. The maximum Gasteiger partial charge on any atom is 0.301 e. The van der Waals surface area contributed by atoms with Crippen LogP contribution >= 0.6 is 0 Å². The molecule has 1 saturated heterocycles. The summed E-state index contributed by atoms with van der Waals surface area (Å²) in [6.07, 6.45) is 4.95. The summed E-state index contributed by atoms with van der Waals surface area (Å²) in [5, 5.41) is 0. The highest BCUT2D eigenvalue weighted by Gasteiger charge is 2.30. The molecule has 3 aromatic carbocycles. The van der Waals surface area contributed by atoms with E-state index in [4.69, 9.17) is 4.74 Å². The molecule has 0 atom stereocenters. The zero-order chi connectivity index (χ0) is 20.8. The first-order valence-electron chi connectivity index (χ1n) is 9.90. The summed E-state index contributed by atoms with van der Waals surface area (Å²) in [5.74, 6) is 0.549. The molecule has 0 radical (unpaired) electrons. The van der Waals surface area contributed by atoms with Gasteiger partial charge in [0.15, 0.2) is 0 Å². The number of hydrogen-bond acceptors (Lipinski definition) is 3. The zero-order valence-corrected chi connectivity index (χ0v) is 17.4. The maximum absolute atomic E-state index is 12.3. The van der Waals surface area contributed by atoms with Gasteiger partial charge in [0.05, 0.1) is 5.69 Å². The summed E-state index contributed by atoms with van der Waals surface area (Å²) in [6, 6.07) is 25.7. The summed E-state index contributed by atoms with van der Waals surface area (Å²) in [6.45, 7) is 1.14. The Bertz CT molecular complexity index is 1110. The van der Waals surface area contributed by atoms with Gasteiger partial charge < -0.3 is 4.74 Å². The second kappa shape index (κ2) is 9.15. The van der Waals surface area contributed by atoms with E-state index in [0.29, 0.717) is 31.1 Å². The standard InChI is InChI=1S/C24H24N2O3S/c27-30(28)25-16-17-26(30)23-15-14-21(13-7-12-20-8-3-1-4-9-20)18-24(23)29-19-22-10-5-2-6-11-22/h1-11,13-15,18,25H,12,16-17,19H2/b13-7+. The minimum absolute atomic E-state index is 0.367. The van der Waals surface area contributed by atoms with Crippen LogP contribution in [-0.4, -0.2) is 21.5 Å². The van der Waals surface area contributed by atoms with Gasteiger partial charge in [-0.1, -0.05) is 78.9 Å². The van der Waals surface area contributed by atoms with Crippen LogP contribution in [0.2, 0.25) is 0 Å². The van der Waals surface area contributed by atoms with Crippen LogP contribution in [0.5, 0.6) is 5.75 Å². The molecule has 1 fully saturated rings. The molecular weight excluding hydrogens is 396 g/mol. The van der Waals surface area contributed by atoms with E-state index in [1.807, 2.05) is 72.8 Å². The number of ether oxygens (including phenoxy) is 1. The molecule has 1 heterocycles. The topological polar surface area (TPSA) is 58.6 Å². The van der Waals surface area contributed by atoms with E-state index in [0.717, 1.165) is 17.5 Å². The van der Waals surface area contributed by atoms with Crippen molar-refractivity contribution in [1.82, 2.24) is 4.72 Å². The molecule has 30 heavy (non-hydrogen) atoms. The lowest BCUT2D eigenvalue weighted by molar-refractivity contribution is 0.307. The molecule has 0 aliphatic carbocycles. The van der Waals surface area contributed by atoms with E-state index >= 15 is 0 Å². The van der Waals surface area contributed by atoms with Crippen LogP contribution in [0.1, 0.15) is 16.7 Å². The highest BCUT2D eigenvalue weighted by Crippen LogP contribution is 2.33. The highest BCUT2D eigenvalue weighted by atomic mass is 32.2. The fourth-order valence-electron chi connectivity index (χ4n) is 3.36. The van der Waals surface area contributed by atoms with E-state index in [-0.39, 0.29) is 0 Å². The van der Waals surface area contributed by atoms with Crippen molar-refractivity contribution in [2.24, 2.45) is 0 Å². The van der Waals surface area contributed by atoms with E-state index in [2.05, 4.69) is 22.9 Å². The third-order valence-corrected chi connectivity index (χ3v) is 6.41. The Morgan fingerprint density at radius 2 is 1.63 bits per heavy atom. The van der Waals surface area contributed by atoms with Crippen molar-refractivity contribution in [2.75, 3.05) is 17.4 Å². The molecule has 1 aliphatic rings. The van der Waals surface area contributed by atoms with E-state index in [1.54, 1.807) is 0 Å². The van der Waals surface area contributed by atoms with Crippen molar-refractivity contribution >= 4 is 22.0 Å². The SMILES string of the molecule is O=S1(=O)NCCN1c1ccc(/C=C/Cc2ccccc2)cc1OCc1ccccc1. The molecule has 0 saturated carbocycles. The van der Waals surface area contributed by atoms with Crippen molar-refractivity contribution in [1.29, 1.82) is 0 Å². The first kappa shape index (κ1) is 20.2. The number of nitrogens with zero attached hydrogens (tertiary/aromatic N) is 1. The molecule has 0 unspecified atom stereocenters. The van der Waals surface area contributed by atoms with E-state index in [9.17, 15) is 8.42 Å². The Hall–Kier alpha value is -3.09. The molecule has 5 nitrogen and oxygen atoms in total. The Balaban J connectivity index is 1.58. The van der Waals surface area contributed by atoms with Crippen molar-refractivity contribution in [2.45, 2.75) is 13.0 Å². The van der Waals surface area contributed by atoms with Crippen LogP contribution in [-0.2, 0) is 23.2 Å². The largest absolute Gasteiger partial charge is 0.487 e. The van der Waals surface area contributed by atoms with Crippen LogP contribution in [0, 0.1) is 0 Å². The van der Waals surface area contributed by atoms with E-state index < -0.39 is 10.2 Å². The monoisotopic (exact) mass is 420 g/mol. The molecule has 3 aromatic rings. The third kappa shape index (κ3) is 4.90. The third-order valence-electron chi connectivity index (χ3n) is 4.89. The number of nitrogens with one attached hydrogen (secondary N) is 1. The normalized spacial score (nSPS) is 15.5. The maximum atomic E-state index is 12.3. The molecule has 0 amide bonds. The minimum Gasteiger partial charge on any atom is -0.487 e. The summed E-state index contributed by atoms with van der Waals surface area (Å²) in [5.41, 5.74) is 3.77. The molecule has 6 heteroatoms. The first-order chi connectivity index (χ1) is 14.6. The van der Waals surface area contributed by atoms with Gasteiger partial charge in [-0.05, 0) is 35.2 Å². The van der Waals surface area contributed by atoms with Gasteiger partial charge in [-0.2, -0.15) is 13.1 Å². The second-order valence-electron chi connectivity index (χ2n) is 7.07. The van der Waals surface area contributed by atoms with Crippen molar-refractivity contribution in [3.63, 3.8) is 0 Å². The second-order valence-corrected chi connectivity index (χ2v) is 8.74. The van der Waals surface area contributed by atoms with E-state index in [1.165, 1.54) is 9.87 Å². The summed E-state index contributed by atoms with van der Waals surface area (Å²) in [7, 11) is -3.53. The predicted molar refractivity (Wildman–Crippen MR) is 121 cm³/mol. The fraction of sp³-hybridized carbons (Fsp3) is 0.167. The van der Waals surface area contributed by atoms with Crippen LogP contribution in [0.3, 0.4) is 0 Å². The van der Waals surface area contributed by atoms with Gasteiger partial charge in [-0.15, -0.1) is 0 Å². The first-order valence-corrected chi connectivity index (χ1v) is 11.3. The quantitative estimate of drug-likeness (QED) is 0.624. The van der Waals surface area contributed by atoms with Gasteiger partial charge >= 0.3 is 10.2 Å². The summed E-state index contributed by atoms with van der Waals surface area (Å²) < 4.78 is 34.7. The van der Waals surface area contributed by atoms with Crippen LogP contribution in [0.15, 0.2) is 84.9 Å². The van der Waals surface area contributed by atoms with Gasteiger partial charge in [-0.25, -0.2) is 0 Å².